The number of ether oxygens (including phenoxy) is 1. The Morgan fingerprint density at radius 3 is 2.59 bits per heavy atom. The Kier molecular flexibility index (Phi) is 4.49. The standard InChI is InChI=1S/C21H22N4O2/c1-21(17-6-4-3-5-7-17)15-25(12-13-27-21)20-23-18(14-19(26)24(20)2)16-8-10-22-11-9-16/h3-11,14H,12-13,15H2,1-2H3. The first-order chi connectivity index (χ1) is 13.1. The fraction of sp³-hybridized carbons (Fsp3) is 0.286. The minimum atomic E-state index is -0.454. The number of benzene rings is 1. The van der Waals surface area contributed by atoms with E-state index in [9.17, 15) is 4.79 Å². The molecule has 0 saturated carbocycles. The second-order valence-corrected chi connectivity index (χ2v) is 6.94. The number of pyridine rings is 1. The van der Waals surface area contributed by atoms with Gasteiger partial charge in [0.15, 0.2) is 0 Å². The van der Waals surface area contributed by atoms with Crippen LogP contribution in [0.25, 0.3) is 11.3 Å². The minimum Gasteiger partial charge on any atom is -0.367 e. The van der Waals surface area contributed by atoms with E-state index >= 15 is 0 Å². The molecule has 6 nitrogen and oxygen atoms in total. The summed E-state index contributed by atoms with van der Waals surface area (Å²) in [6, 6.07) is 15.5. The van der Waals surface area contributed by atoms with Crippen molar-refractivity contribution in [2.24, 2.45) is 7.05 Å². The molecule has 1 aliphatic rings. The molecule has 0 spiro atoms. The van der Waals surface area contributed by atoms with Crippen LogP contribution in [0.4, 0.5) is 5.95 Å². The molecule has 3 heterocycles. The maximum absolute atomic E-state index is 12.6. The van der Waals surface area contributed by atoms with Gasteiger partial charge in [-0.25, -0.2) is 4.98 Å². The molecule has 1 aliphatic heterocycles. The molecule has 0 bridgehead atoms. The van der Waals surface area contributed by atoms with Crippen molar-refractivity contribution in [2.45, 2.75) is 12.5 Å². The zero-order valence-corrected chi connectivity index (χ0v) is 15.5. The Morgan fingerprint density at radius 2 is 1.85 bits per heavy atom. The Balaban J connectivity index is 1.72. The molecule has 1 unspecified atom stereocenters. The summed E-state index contributed by atoms with van der Waals surface area (Å²) in [4.78, 5) is 23.5. The molecule has 0 N–H and O–H groups in total. The van der Waals surface area contributed by atoms with Crippen molar-refractivity contribution in [3.05, 3.63) is 76.8 Å². The molecule has 0 amide bonds. The van der Waals surface area contributed by atoms with Crippen molar-refractivity contribution in [1.29, 1.82) is 0 Å². The highest BCUT2D eigenvalue weighted by molar-refractivity contribution is 5.59. The lowest BCUT2D eigenvalue weighted by molar-refractivity contribution is -0.0471. The van der Waals surface area contributed by atoms with Crippen LogP contribution in [-0.4, -0.2) is 34.2 Å². The van der Waals surface area contributed by atoms with Crippen LogP contribution in [0.15, 0.2) is 65.7 Å². The summed E-state index contributed by atoms with van der Waals surface area (Å²) in [5.41, 5.74) is 2.11. The number of morpholine rings is 1. The average molecular weight is 362 g/mol. The van der Waals surface area contributed by atoms with Crippen molar-refractivity contribution in [3.63, 3.8) is 0 Å². The smallest absolute Gasteiger partial charge is 0.255 e. The third kappa shape index (κ3) is 3.36. The summed E-state index contributed by atoms with van der Waals surface area (Å²) in [6.45, 7) is 3.96. The lowest BCUT2D eigenvalue weighted by Gasteiger charge is -2.41. The van der Waals surface area contributed by atoms with E-state index in [0.29, 0.717) is 31.3 Å². The highest BCUT2D eigenvalue weighted by Crippen LogP contribution is 2.31. The number of anilines is 1. The maximum atomic E-state index is 12.6. The van der Waals surface area contributed by atoms with Gasteiger partial charge in [0.1, 0.15) is 5.60 Å². The van der Waals surface area contributed by atoms with Gasteiger partial charge in [0.25, 0.3) is 5.56 Å². The summed E-state index contributed by atoms with van der Waals surface area (Å²) in [6.07, 6.45) is 3.41. The van der Waals surface area contributed by atoms with Crippen LogP contribution in [0.5, 0.6) is 0 Å². The van der Waals surface area contributed by atoms with Crippen molar-refractivity contribution in [2.75, 3.05) is 24.6 Å². The molecule has 1 aromatic carbocycles. The highest BCUT2D eigenvalue weighted by Gasteiger charge is 2.35. The van der Waals surface area contributed by atoms with Crippen molar-refractivity contribution in [1.82, 2.24) is 14.5 Å². The number of aromatic nitrogens is 3. The third-order valence-corrected chi connectivity index (χ3v) is 5.03. The second kappa shape index (κ2) is 6.96. The Morgan fingerprint density at radius 1 is 1.11 bits per heavy atom. The molecular weight excluding hydrogens is 340 g/mol. The summed E-state index contributed by atoms with van der Waals surface area (Å²) in [5, 5.41) is 0. The van der Waals surface area contributed by atoms with Gasteiger partial charge in [0.05, 0.1) is 18.8 Å². The lowest BCUT2D eigenvalue weighted by Crippen LogP contribution is -2.50. The zero-order valence-electron chi connectivity index (χ0n) is 15.5. The first kappa shape index (κ1) is 17.4. The first-order valence-electron chi connectivity index (χ1n) is 9.00. The molecule has 0 radical (unpaired) electrons. The number of rotatable bonds is 3. The Hall–Kier alpha value is -2.99. The van der Waals surface area contributed by atoms with Crippen LogP contribution in [0.2, 0.25) is 0 Å². The average Bonchev–Trinajstić information content (AvgIpc) is 2.71. The van der Waals surface area contributed by atoms with Gasteiger partial charge in [0, 0.05) is 37.6 Å². The minimum absolute atomic E-state index is 0.0836. The van der Waals surface area contributed by atoms with Gasteiger partial charge in [0.2, 0.25) is 5.95 Å². The van der Waals surface area contributed by atoms with E-state index in [1.807, 2.05) is 30.3 Å². The highest BCUT2D eigenvalue weighted by atomic mass is 16.5. The maximum Gasteiger partial charge on any atom is 0.255 e. The zero-order chi connectivity index (χ0) is 18.9. The van der Waals surface area contributed by atoms with Gasteiger partial charge in [-0.1, -0.05) is 30.3 Å². The van der Waals surface area contributed by atoms with Crippen molar-refractivity contribution in [3.8, 4) is 11.3 Å². The van der Waals surface area contributed by atoms with Crippen LogP contribution in [-0.2, 0) is 17.4 Å². The molecule has 0 aliphatic carbocycles. The van der Waals surface area contributed by atoms with E-state index in [2.05, 4.69) is 28.9 Å². The van der Waals surface area contributed by atoms with Crippen LogP contribution in [0, 0.1) is 0 Å². The Bertz CT molecular complexity index is 988. The van der Waals surface area contributed by atoms with Gasteiger partial charge in [-0.2, -0.15) is 0 Å². The van der Waals surface area contributed by atoms with E-state index in [4.69, 9.17) is 9.72 Å². The molecule has 1 fully saturated rings. The molecule has 27 heavy (non-hydrogen) atoms. The molecule has 4 rings (SSSR count). The quantitative estimate of drug-likeness (QED) is 0.717. The predicted molar refractivity (Wildman–Crippen MR) is 105 cm³/mol. The van der Waals surface area contributed by atoms with Gasteiger partial charge in [-0.15, -0.1) is 0 Å². The summed E-state index contributed by atoms with van der Waals surface area (Å²) < 4.78 is 7.72. The van der Waals surface area contributed by atoms with Crippen LogP contribution >= 0.6 is 0 Å². The fourth-order valence-corrected chi connectivity index (χ4v) is 3.49. The summed E-state index contributed by atoms with van der Waals surface area (Å²) >= 11 is 0. The Labute approximate surface area is 158 Å². The molecule has 138 valence electrons. The summed E-state index contributed by atoms with van der Waals surface area (Å²) in [5.74, 6) is 0.653. The van der Waals surface area contributed by atoms with Gasteiger partial charge in [-0.3, -0.25) is 14.3 Å². The van der Waals surface area contributed by atoms with E-state index < -0.39 is 5.60 Å². The number of nitrogens with zero attached hydrogens (tertiary/aromatic N) is 4. The molecular formula is C21H22N4O2. The van der Waals surface area contributed by atoms with Crippen LogP contribution in [0.3, 0.4) is 0 Å². The molecule has 6 heteroatoms. The van der Waals surface area contributed by atoms with E-state index in [1.165, 1.54) is 0 Å². The second-order valence-electron chi connectivity index (χ2n) is 6.94. The van der Waals surface area contributed by atoms with Crippen LogP contribution < -0.4 is 10.5 Å². The van der Waals surface area contributed by atoms with E-state index in [0.717, 1.165) is 11.1 Å². The van der Waals surface area contributed by atoms with Gasteiger partial charge in [-0.05, 0) is 24.6 Å². The van der Waals surface area contributed by atoms with Crippen molar-refractivity contribution < 1.29 is 4.74 Å². The largest absolute Gasteiger partial charge is 0.367 e. The van der Waals surface area contributed by atoms with Crippen LogP contribution in [0.1, 0.15) is 12.5 Å². The third-order valence-electron chi connectivity index (χ3n) is 5.03. The predicted octanol–water partition coefficient (Wildman–Crippen LogP) is 2.59. The normalized spacial score (nSPS) is 19.9. The van der Waals surface area contributed by atoms with Gasteiger partial charge >= 0.3 is 0 Å². The van der Waals surface area contributed by atoms with E-state index in [1.54, 1.807) is 30.1 Å². The molecule has 3 aromatic rings. The molecule has 1 saturated heterocycles. The monoisotopic (exact) mass is 362 g/mol. The topological polar surface area (TPSA) is 60.2 Å². The van der Waals surface area contributed by atoms with Gasteiger partial charge < -0.3 is 9.64 Å². The lowest BCUT2D eigenvalue weighted by atomic mass is 9.94. The van der Waals surface area contributed by atoms with E-state index in [-0.39, 0.29) is 5.56 Å². The van der Waals surface area contributed by atoms with Crippen molar-refractivity contribution >= 4 is 5.95 Å². The number of hydrogen-bond donors (Lipinski definition) is 0. The number of hydrogen-bond acceptors (Lipinski definition) is 5. The fourth-order valence-electron chi connectivity index (χ4n) is 3.49. The first-order valence-corrected chi connectivity index (χ1v) is 9.00. The molecule has 1 atom stereocenters. The summed E-state index contributed by atoms with van der Waals surface area (Å²) in [7, 11) is 1.76. The SMILES string of the molecule is Cn1c(N2CCOC(C)(c3ccccc3)C2)nc(-c2ccncc2)cc1=O. The molecule has 2 aromatic heterocycles.